The molecule has 0 fully saturated rings. The summed E-state index contributed by atoms with van der Waals surface area (Å²) in [5.74, 6) is 0. The van der Waals surface area contributed by atoms with E-state index in [1.54, 1.807) is 0 Å². The molecule has 0 rings (SSSR count). The highest BCUT2D eigenvalue weighted by Crippen LogP contribution is 2.12. The molecule has 3 heteroatoms. The molecule has 0 aliphatic heterocycles. The molecule has 0 aliphatic carbocycles. The van der Waals surface area contributed by atoms with Crippen molar-refractivity contribution in [3.63, 3.8) is 0 Å². The maximum Gasteiger partial charge on any atom is 0.00509 e. The molecule has 0 aromatic rings. The summed E-state index contributed by atoms with van der Waals surface area (Å²) in [4.78, 5) is 2.22. The molecule has 0 bridgehead atoms. The van der Waals surface area contributed by atoms with Crippen molar-refractivity contribution in [2.45, 2.75) is 83.1 Å². The normalized spacial score (nSPS) is 13.1. The molecule has 4 N–H and O–H groups in total. The predicted molar refractivity (Wildman–Crippen MR) is 91.0 cm³/mol. The van der Waals surface area contributed by atoms with E-state index in [4.69, 9.17) is 11.5 Å². The summed E-state index contributed by atoms with van der Waals surface area (Å²) in [6, 6.07) is 0.403. The first-order valence-corrected chi connectivity index (χ1v) is 8.77. The van der Waals surface area contributed by atoms with E-state index in [2.05, 4.69) is 19.0 Å². The topological polar surface area (TPSA) is 55.3 Å². The van der Waals surface area contributed by atoms with E-state index in [9.17, 15) is 0 Å². The highest BCUT2D eigenvalue weighted by atomic mass is 15.0. The molecule has 0 radical (unpaired) electrons. The molecule has 122 valence electrons. The second kappa shape index (κ2) is 15.3. The van der Waals surface area contributed by atoms with E-state index < -0.39 is 0 Å². The number of rotatable bonds is 15. The van der Waals surface area contributed by atoms with Crippen LogP contribution >= 0.6 is 0 Å². The van der Waals surface area contributed by atoms with Gasteiger partial charge in [-0.05, 0) is 46.4 Å². The summed E-state index contributed by atoms with van der Waals surface area (Å²) in [6.07, 6.45) is 15.9. The molecule has 3 nitrogen and oxygen atoms in total. The lowest BCUT2D eigenvalue weighted by Crippen LogP contribution is -2.26. The average Bonchev–Trinajstić information content (AvgIpc) is 2.42. The summed E-state index contributed by atoms with van der Waals surface area (Å²) >= 11 is 0. The van der Waals surface area contributed by atoms with Crippen molar-refractivity contribution in [3.8, 4) is 0 Å². The van der Waals surface area contributed by atoms with Gasteiger partial charge in [0.15, 0.2) is 0 Å². The van der Waals surface area contributed by atoms with Gasteiger partial charge in [0.25, 0.3) is 0 Å². The van der Waals surface area contributed by atoms with Crippen molar-refractivity contribution in [3.05, 3.63) is 0 Å². The first-order valence-electron chi connectivity index (χ1n) is 8.77. The van der Waals surface area contributed by atoms with Gasteiger partial charge >= 0.3 is 0 Å². The van der Waals surface area contributed by atoms with Crippen LogP contribution in [0, 0.1) is 0 Å². The Morgan fingerprint density at radius 3 is 1.60 bits per heavy atom. The molecule has 0 saturated carbocycles. The predicted octanol–water partition coefficient (Wildman–Crippen LogP) is 3.52. The molecule has 0 amide bonds. The van der Waals surface area contributed by atoms with Crippen molar-refractivity contribution in [1.29, 1.82) is 0 Å². The van der Waals surface area contributed by atoms with Crippen LogP contribution in [0.15, 0.2) is 0 Å². The van der Waals surface area contributed by atoms with Crippen LogP contribution in [0.1, 0.15) is 77.0 Å². The fourth-order valence-corrected chi connectivity index (χ4v) is 2.53. The highest BCUT2D eigenvalue weighted by molar-refractivity contribution is 4.63. The minimum Gasteiger partial charge on any atom is -0.330 e. The zero-order valence-corrected chi connectivity index (χ0v) is 14.1. The highest BCUT2D eigenvalue weighted by Gasteiger charge is 2.02. The molecular weight excluding hydrogens is 246 g/mol. The van der Waals surface area contributed by atoms with Crippen molar-refractivity contribution in [2.24, 2.45) is 11.5 Å². The van der Waals surface area contributed by atoms with Crippen LogP contribution < -0.4 is 11.5 Å². The standard InChI is InChI=1S/C17H39N3/c1-20(2)16-14-17(19)13-11-9-7-5-3-4-6-8-10-12-15-18/h17H,3-16,18-19H2,1-2H3. The van der Waals surface area contributed by atoms with Crippen LogP contribution in [0.5, 0.6) is 0 Å². The van der Waals surface area contributed by atoms with E-state index in [0.29, 0.717) is 6.04 Å². The Hall–Kier alpha value is -0.120. The molecule has 0 aromatic heterocycles. The summed E-state index contributed by atoms with van der Waals surface area (Å²) in [7, 11) is 4.23. The Morgan fingerprint density at radius 1 is 0.700 bits per heavy atom. The van der Waals surface area contributed by atoms with Crippen molar-refractivity contribution >= 4 is 0 Å². The summed E-state index contributed by atoms with van der Waals surface area (Å²) in [6.45, 7) is 1.97. The number of hydrogen-bond donors (Lipinski definition) is 2. The Balaban J connectivity index is 3.09. The summed E-state index contributed by atoms with van der Waals surface area (Å²) in [5.41, 5.74) is 11.6. The molecular formula is C17H39N3. The lowest BCUT2D eigenvalue weighted by atomic mass is 10.0. The third kappa shape index (κ3) is 15.9. The number of hydrogen-bond acceptors (Lipinski definition) is 3. The number of unbranched alkanes of at least 4 members (excludes halogenated alkanes) is 9. The van der Waals surface area contributed by atoms with E-state index in [0.717, 1.165) is 19.5 Å². The van der Waals surface area contributed by atoms with Gasteiger partial charge in [-0.25, -0.2) is 0 Å². The smallest absolute Gasteiger partial charge is 0.00509 e. The van der Waals surface area contributed by atoms with Crippen LogP contribution in [0.3, 0.4) is 0 Å². The van der Waals surface area contributed by atoms with Gasteiger partial charge in [-0.15, -0.1) is 0 Å². The third-order valence-electron chi connectivity index (χ3n) is 3.98. The van der Waals surface area contributed by atoms with Crippen molar-refractivity contribution < 1.29 is 0 Å². The second-order valence-electron chi connectivity index (χ2n) is 6.46. The minimum absolute atomic E-state index is 0.403. The van der Waals surface area contributed by atoms with Crippen LogP contribution in [0.4, 0.5) is 0 Å². The van der Waals surface area contributed by atoms with E-state index in [-0.39, 0.29) is 0 Å². The Labute approximate surface area is 127 Å². The molecule has 0 saturated heterocycles. The van der Waals surface area contributed by atoms with Gasteiger partial charge in [0.1, 0.15) is 0 Å². The number of nitrogens with two attached hydrogens (primary N) is 2. The van der Waals surface area contributed by atoms with E-state index in [1.165, 1.54) is 70.6 Å². The van der Waals surface area contributed by atoms with Gasteiger partial charge in [0.2, 0.25) is 0 Å². The van der Waals surface area contributed by atoms with Gasteiger partial charge in [0.05, 0.1) is 0 Å². The second-order valence-corrected chi connectivity index (χ2v) is 6.46. The molecule has 0 aromatic carbocycles. The van der Waals surface area contributed by atoms with Gasteiger partial charge in [-0.3, -0.25) is 0 Å². The monoisotopic (exact) mass is 285 g/mol. The largest absolute Gasteiger partial charge is 0.330 e. The van der Waals surface area contributed by atoms with Gasteiger partial charge in [0, 0.05) is 6.04 Å². The fourth-order valence-electron chi connectivity index (χ4n) is 2.53. The molecule has 0 spiro atoms. The maximum absolute atomic E-state index is 6.11. The van der Waals surface area contributed by atoms with E-state index >= 15 is 0 Å². The maximum atomic E-state index is 6.11. The lowest BCUT2D eigenvalue weighted by Gasteiger charge is -2.14. The van der Waals surface area contributed by atoms with Crippen LogP contribution in [-0.4, -0.2) is 38.1 Å². The van der Waals surface area contributed by atoms with Gasteiger partial charge in [-0.2, -0.15) is 0 Å². The molecule has 0 aliphatic rings. The third-order valence-corrected chi connectivity index (χ3v) is 3.98. The van der Waals surface area contributed by atoms with Crippen LogP contribution in [0.2, 0.25) is 0 Å². The molecule has 0 heterocycles. The van der Waals surface area contributed by atoms with E-state index in [1.807, 2.05) is 0 Å². The zero-order chi connectivity index (χ0) is 15.1. The summed E-state index contributed by atoms with van der Waals surface area (Å²) in [5, 5.41) is 0. The zero-order valence-electron chi connectivity index (χ0n) is 14.1. The minimum atomic E-state index is 0.403. The Kier molecular flexibility index (Phi) is 15.2. The SMILES string of the molecule is CN(C)CCC(N)CCCCCCCCCCCCN. The lowest BCUT2D eigenvalue weighted by molar-refractivity contribution is 0.370. The van der Waals surface area contributed by atoms with Crippen LogP contribution in [0.25, 0.3) is 0 Å². The average molecular weight is 286 g/mol. The first-order chi connectivity index (χ1) is 9.66. The molecule has 1 atom stereocenters. The Morgan fingerprint density at radius 2 is 1.15 bits per heavy atom. The number of nitrogens with zero attached hydrogens (tertiary/aromatic N) is 1. The fraction of sp³-hybridized carbons (Fsp3) is 1.00. The molecule has 20 heavy (non-hydrogen) atoms. The summed E-state index contributed by atoms with van der Waals surface area (Å²) < 4.78 is 0. The Bertz CT molecular complexity index is 183. The van der Waals surface area contributed by atoms with Crippen molar-refractivity contribution in [1.82, 2.24) is 4.90 Å². The quantitative estimate of drug-likeness (QED) is 0.453. The first kappa shape index (κ1) is 19.9. The van der Waals surface area contributed by atoms with Crippen LogP contribution in [-0.2, 0) is 0 Å². The van der Waals surface area contributed by atoms with Gasteiger partial charge in [-0.1, -0.05) is 57.8 Å². The van der Waals surface area contributed by atoms with Crippen molar-refractivity contribution in [2.75, 3.05) is 27.2 Å². The van der Waals surface area contributed by atoms with Gasteiger partial charge < -0.3 is 16.4 Å². The molecule has 1 unspecified atom stereocenters.